The van der Waals surface area contributed by atoms with E-state index in [1.54, 1.807) is 40.2 Å². The predicted octanol–water partition coefficient (Wildman–Crippen LogP) is 0.550. The molecule has 1 saturated heterocycles. The Morgan fingerprint density at radius 1 is 1.33 bits per heavy atom. The molecule has 2 amide bonds. The monoisotopic (exact) mass is 327 g/mol. The molecule has 3 N–H and O–H groups in total. The van der Waals surface area contributed by atoms with E-state index in [4.69, 9.17) is 5.73 Å². The Morgan fingerprint density at radius 2 is 2.12 bits per heavy atom. The molecule has 1 aromatic heterocycles. The molecule has 0 saturated carbocycles. The maximum absolute atomic E-state index is 13.1. The highest BCUT2D eigenvalue weighted by atomic mass is 16.2. The van der Waals surface area contributed by atoms with Crippen LogP contribution in [0.4, 0.5) is 0 Å². The van der Waals surface area contributed by atoms with Gasteiger partial charge in [0, 0.05) is 31.5 Å². The molecule has 2 atom stereocenters. The van der Waals surface area contributed by atoms with Gasteiger partial charge in [-0.05, 0) is 31.5 Å². The van der Waals surface area contributed by atoms with Gasteiger partial charge in [0.2, 0.25) is 5.91 Å². The average molecular weight is 327 g/mol. The number of nitrogens with zero attached hydrogens (tertiary/aromatic N) is 3. The van der Waals surface area contributed by atoms with Crippen LogP contribution in [0.15, 0.2) is 42.7 Å². The molecule has 1 aromatic carbocycles. The van der Waals surface area contributed by atoms with Gasteiger partial charge in [0.15, 0.2) is 0 Å². The van der Waals surface area contributed by atoms with Gasteiger partial charge in [-0.3, -0.25) is 9.59 Å². The third kappa shape index (κ3) is 3.03. The van der Waals surface area contributed by atoms with Crippen molar-refractivity contribution in [2.45, 2.75) is 25.4 Å². The summed E-state index contributed by atoms with van der Waals surface area (Å²) in [6.45, 7) is 2.75. The number of nitrogens with two attached hydrogens (primary N) is 1. The molecule has 0 radical (unpaired) electrons. The van der Waals surface area contributed by atoms with Gasteiger partial charge in [0.25, 0.3) is 5.91 Å². The van der Waals surface area contributed by atoms with Gasteiger partial charge in [-0.15, -0.1) is 0 Å². The number of carbonyl (C=O) groups excluding carboxylic acids is 2. The van der Waals surface area contributed by atoms with Crippen LogP contribution in [0.3, 0.4) is 0 Å². The van der Waals surface area contributed by atoms with E-state index in [2.05, 4.69) is 10.4 Å². The Balaban J connectivity index is 1.92. The second kappa shape index (κ2) is 6.84. The van der Waals surface area contributed by atoms with Crippen molar-refractivity contribution < 1.29 is 9.59 Å². The minimum atomic E-state index is -0.530. The Labute approximate surface area is 140 Å². The van der Waals surface area contributed by atoms with Gasteiger partial charge in [-0.1, -0.05) is 12.1 Å². The summed E-state index contributed by atoms with van der Waals surface area (Å²) in [6, 6.07) is 8.30. The lowest BCUT2D eigenvalue weighted by atomic mass is 10.1. The highest BCUT2D eigenvalue weighted by molar-refractivity contribution is 6.00. The first-order chi connectivity index (χ1) is 11.6. The van der Waals surface area contributed by atoms with Gasteiger partial charge in [0.05, 0.1) is 11.3 Å². The van der Waals surface area contributed by atoms with Gasteiger partial charge >= 0.3 is 0 Å². The number of aromatic nitrogens is 2. The fourth-order valence-corrected chi connectivity index (χ4v) is 3.05. The van der Waals surface area contributed by atoms with Crippen molar-refractivity contribution in [3.63, 3.8) is 0 Å². The van der Waals surface area contributed by atoms with Crippen molar-refractivity contribution in [3.05, 3.63) is 48.3 Å². The summed E-state index contributed by atoms with van der Waals surface area (Å²) in [7, 11) is 0. The van der Waals surface area contributed by atoms with Crippen LogP contribution in [0.5, 0.6) is 0 Å². The van der Waals surface area contributed by atoms with Crippen LogP contribution in [0.25, 0.3) is 5.69 Å². The summed E-state index contributed by atoms with van der Waals surface area (Å²) in [6.07, 6.45) is 3.91. The molecular weight excluding hydrogens is 306 g/mol. The maximum Gasteiger partial charge on any atom is 0.256 e. The number of likely N-dealkylation sites (N-methyl/N-ethyl adjacent to an activating group) is 1. The number of amides is 2. The molecule has 0 unspecified atom stereocenters. The van der Waals surface area contributed by atoms with E-state index in [0.29, 0.717) is 30.8 Å². The molecule has 0 spiro atoms. The zero-order valence-corrected chi connectivity index (χ0v) is 13.6. The van der Waals surface area contributed by atoms with Gasteiger partial charge in [-0.25, -0.2) is 4.68 Å². The molecule has 2 heterocycles. The van der Waals surface area contributed by atoms with Crippen LogP contribution < -0.4 is 11.1 Å². The van der Waals surface area contributed by atoms with Crippen molar-refractivity contribution in [3.8, 4) is 5.69 Å². The number of hydrogen-bond acceptors (Lipinski definition) is 4. The number of para-hydroxylation sites is 1. The quantitative estimate of drug-likeness (QED) is 0.857. The third-order valence-corrected chi connectivity index (χ3v) is 4.13. The van der Waals surface area contributed by atoms with Gasteiger partial charge < -0.3 is 16.0 Å². The molecule has 2 aromatic rings. The third-order valence-electron chi connectivity index (χ3n) is 4.13. The lowest BCUT2D eigenvalue weighted by Gasteiger charge is -2.24. The minimum absolute atomic E-state index is 0.157. The van der Waals surface area contributed by atoms with Crippen LogP contribution in [0.2, 0.25) is 0 Å². The largest absolute Gasteiger partial charge is 0.355 e. The Kier molecular flexibility index (Phi) is 4.61. The van der Waals surface area contributed by atoms with Crippen molar-refractivity contribution in [1.82, 2.24) is 20.0 Å². The predicted molar refractivity (Wildman–Crippen MR) is 89.7 cm³/mol. The number of nitrogens with one attached hydrogen (secondary N) is 1. The number of benzene rings is 1. The standard InChI is InChI=1S/C17H21N5O2/c1-2-19-16(23)15-10-12(18)11-21(15)17(24)13-6-3-4-7-14(13)22-9-5-8-20-22/h3-9,12,15H,2,10-11,18H2,1H3,(H,19,23)/t12-,15-/m0/s1. The van der Waals surface area contributed by atoms with Gasteiger partial charge in [-0.2, -0.15) is 5.10 Å². The molecular formula is C17H21N5O2. The van der Waals surface area contributed by atoms with E-state index in [0.717, 1.165) is 0 Å². The minimum Gasteiger partial charge on any atom is -0.355 e. The van der Waals surface area contributed by atoms with Crippen molar-refractivity contribution >= 4 is 11.8 Å². The molecule has 0 aliphatic carbocycles. The second-order valence-electron chi connectivity index (χ2n) is 5.83. The molecule has 3 rings (SSSR count). The first kappa shape index (κ1) is 16.2. The summed E-state index contributed by atoms with van der Waals surface area (Å²) in [4.78, 5) is 26.9. The van der Waals surface area contributed by atoms with E-state index in [-0.39, 0.29) is 17.9 Å². The van der Waals surface area contributed by atoms with E-state index < -0.39 is 6.04 Å². The second-order valence-corrected chi connectivity index (χ2v) is 5.83. The Hall–Kier alpha value is -2.67. The summed E-state index contributed by atoms with van der Waals surface area (Å²) in [5.74, 6) is -0.360. The van der Waals surface area contributed by atoms with Crippen LogP contribution in [-0.4, -0.2) is 51.7 Å². The first-order valence-electron chi connectivity index (χ1n) is 8.05. The smallest absolute Gasteiger partial charge is 0.256 e. The van der Waals surface area contributed by atoms with E-state index in [9.17, 15) is 9.59 Å². The average Bonchev–Trinajstić information content (AvgIpc) is 3.24. The van der Waals surface area contributed by atoms with E-state index >= 15 is 0 Å². The molecule has 126 valence electrons. The summed E-state index contributed by atoms with van der Waals surface area (Å²) >= 11 is 0. The molecule has 1 fully saturated rings. The number of hydrogen-bond donors (Lipinski definition) is 2. The lowest BCUT2D eigenvalue weighted by molar-refractivity contribution is -0.124. The number of carbonyl (C=O) groups is 2. The van der Waals surface area contributed by atoms with E-state index in [1.807, 2.05) is 19.1 Å². The molecule has 24 heavy (non-hydrogen) atoms. The molecule has 0 bridgehead atoms. The fourth-order valence-electron chi connectivity index (χ4n) is 3.05. The van der Waals surface area contributed by atoms with Crippen LogP contribution >= 0.6 is 0 Å². The van der Waals surface area contributed by atoms with Crippen LogP contribution in [-0.2, 0) is 4.79 Å². The first-order valence-corrected chi connectivity index (χ1v) is 8.05. The Morgan fingerprint density at radius 3 is 2.83 bits per heavy atom. The van der Waals surface area contributed by atoms with Gasteiger partial charge in [0.1, 0.15) is 6.04 Å². The van der Waals surface area contributed by atoms with E-state index in [1.165, 1.54) is 0 Å². The zero-order valence-electron chi connectivity index (χ0n) is 13.6. The summed E-state index contributed by atoms with van der Waals surface area (Å²) in [5.41, 5.74) is 7.19. The molecule has 1 aliphatic rings. The van der Waals surface area contributed by atoms with Crippen LogP contribution in [0.1, 0.15) is 23.7 Å². The Bertz CT molecular complexity index is 728. The zero-order chi connectivity index (χ0) is 17.1. The summed E-state index contributed by atoms with van der Waals surface area (Å²) < 4.78 is 1.64. The highest BCUT2D eigenvalue weighted by Gasteiger charge is 2.38. The molecule has 7 nitrogen and oxygen atoms in total. The SMILES string of the molecule is CCNC(=O)[C@@H]1C[C@H](N)CN1C(=O)c1ccccc1-n1cccn1. The molecule has 7 heteroatoms. The van der Waals surface area contributed by atoms with Crippen molar-refractivity contribution in [2.24, 2.45) is 5.73 Å². The topological polar surface area (TPSA) is 93.3 Å². The number of likely N-dealkylation sites (tertiary alicyclic amines) is 1. The summed E-state index contributed by atoms with van der Waals surface area (Å²) in [5, 5.41) is 6.98. The number of rotatable bonds is 4. The normalized spacial score (nSPS) is 20.2. The lowest BCUT2D eigenvalue weighted by Crippen LogP contribution is -2.46. The molecule has 1 aliphatic heterocycles. The highest BCUT2D eigenvalue weighted by Crippen LogP contribution is 2.23. The maximum atomic E-state index is 13.1. The van der Waals surface area contributed by atoms with Crippen molar-refractivity contribution in [2.75, 3.05) is 13.1 Å². The van der Waals surface area contributed by atoms with Crippen molar-refractivity contribution in [1.29, 1.82) is 0 Å². The fraction of sp³-hybridized carbons (Fsp3) is 0.353. The van der Waals surface area contributed by atoms with Crippen LogP contribution in [0, 0.1) is 0 Å².